The zero-order valence-electron chi connectivity index (χ0n) is 10.3. The van der Waals surface area contributed by atoms with E-state index in [4.69, 9.17) is 14.2 Å². The second-order valence-electron chi connectivity index (χ2n) is 3.34. The van der Waals surface area contributed by atoms with Gasteiger partial charge in [0.15, 0.2) is 11.5 Å². The molecule has 0 amide bonds. The summed E-state index contributed by atoms with van der Waals surface area (Å²) in [4.78, 5) is 0. The summed E-state index contributed by atoms with van der Waals surface area (Å²) in [6.07, 6.45) is 5.11. The smallest absolute Gasteiger partial charge is 0.203 e. The Bertz CT molecular complexity index is 363. The summed E-state index contributed by atoms with van der Waals surface area (Å²) in [5.41, 5.74) is 1.03. The summed E-state index contributed by atoms with van der Waals surface area (Å²) in [6, 6.07) is 3.85. The number of hydrogen-bond donors (Lipinski definition) is 0. The van der Waals surface area contributed by atoms with Crippen LogP contribution in [-0.2, 0) is 0 Å². The number of benzene rings is 1. The van der Waals surface area contributed by atoms with E-state index < -0.39 is 0 Å². The molecule has 1 rings (SSSR count). The molecule has 17 heavy (non-hydrogen) atoms. The quantitative estimate of drug-likeness (QED) is 0.753. The number of halogens is 1. The summed E-state index contributed by atoms with van der Waals surface area (Å²) < 4.78 is 15.8. The lowest BCUT2D eigenvalue weighted by Gasteiger charge is -2.12. The first kappa shape index (κ1) is 13.9. The average molecular weight is 301 g/mol. The number of alkyl halides is 1. The molecule has 0 radical (unpaired) electrons. The molecule has 4 heteroatoms. The molecule has 0 heterocycles. The fourth-order valence-electron chi connectivity index (χ4n) is 1.48. The number of allylic oxidation sites excluding steroid dienone is 1. The second kappa shape index (κ2) is 7.22. The van der Waals surface area contributed by atoms with Crippen molar-refractivity contribution in [2.75, 3.05) is 26.7 Å². The van der Waals surface area contributed by atoms with E-state index in [0.717, 1.165) is 17.3 Å². The Labute approximate surface area is 111 Å². The predicted molar refractivity (Wildman–Crippen MR) is 73.5 cm³/mol. The fourth-order valence-corrected chi connectivity index (χ4v) is 1.74. The van der Waals surface area contributed by atoms with Gasteiger partial charge >= 0.3 is 0 Å². The van der Waals surface area contributed by atoms with Gasteiger partial charge in [-0.2, -0.15) is 0 Å². The van der Waals surface area contributed by atoms with Crippen LogP contribution in [0.1, 0.15) is 12.0 Å². The molecule has 0 saturated carbocycles. The van der Waals surface area contributed by atoms with Gasteiger partial charge in [0.2, 0.25) is 5.75 Å². The largest absolute Gasteiger partial charge is 0.493 e. The van der Waals surface area contributed by atoms with Crippen LogP contribution in [0, 0.1) is 0 Å². The molecule has 0 N–H and O–H groups in total. The monoisotopic (exact) mass is 300 g/mol. The normalized spacial score (nSPS) is 10.6. The lowest BCUT2D eigenvalue weighted by molar-refractivity contribution is 0.324. The van der Waals surface area contributed by atoms with Crippen molar-refractivity contribution in [1.82, 2.24) is 0 Å². The molecule has 1 aromatic carbocycles. The minimum absolute atomic E-state index is 0.618. The third kappa shape index (κ3) is 3.66. The Morgan fingerprint density at radius 1 is 1.06 bits per heavy atom. The second-order valence-corrected chi connectivity index (χ2v) is 4.13. The summed E-state index contributed by atoms with van der Waals surface area (Å²) in [6.45, 7) is 0. The fraction of sp³-hybridized carbons (Fsp3) is 0.385. The Hall–Kier alpha value is -1.16. The van der Waals surface area contributed by atoms with Crippen molar-refractivity contribution < 1.29 is 14.2 Å². The minimum atomic E-state index is 0.618. The van der Waals surface area contributed by atoms with Crippen molar-refractivity contribution in [3.8, 4) is 17.2 Å². The molecule has 3 nitrogen and oxygen atoms in total. The molecular weight excluding hydrogens is 284 g/mol. The summed E-state index contributed by atoms with van der Waals surface area (Å²) in [5.74, 6) is 1.96. The van der Waals surface area contributed by atoms with Crippen LogP contribution >= 0.6 is 15.9 Å². The lowest BCUT2D eigenvalue weighted by Crippen LogP contribution is -1.95. The Balaban J connectivity index is 3.08. The first-order valence-corrected chi connectivity index (χ1v) is 6.41. The highest BCUT2D eigenvalue weighted by atomic mass is 79.9. The highest BCUT2D eigenvalue weighted by molar-refractivity contribution is 9.09. The van der Waals surface area contributed by atoms with Crippen LogP contribution in [-0.4, -0.2) is 26.7 Å². The summed E-state index contributed by atoms with van der Waals surface area (Å²) in [7, 11) is 4.83. The summed E-state index contributed by atoms with van der Waals surface area (Å²) in [5, 5.41) is 0.952. The van der Waals surface area contributed by atoms with Gasteiger partial charge in [0, 0.05) is 5.33 Å². The first-order chi connectivity index (χ1) is 8.26. The van der Waals surface area contributed by atoms with Gasteiger partial charge in [-0.15, -0.1) is 0 Å². The molecular formula is C13H17BrO3. The van der Waals surface area contributed by atoms with Crippen molar-refractivity contribution in [1.29, 1.82) is 0 Å². The van der Waals surface area contributed by atoms with Crippen LogP contribution < -0.4 is 14.2 Å². The zero-order chi connectivity index (χ0) is 12.7. The lowest BCUT2D eigenvalue weighted by atomic mass is 10.1. The van der Waals surface area contributed by atoms with E-state index in [1.165, 1.54) is 0 Å². The molecule has 0 atom stereocenters. The molecule has 0 aliphatic carbocycles. The minimum Gasteiger partial charge on any atom is -0.493 e. The van der Waals surface area contributed by atoms with Crippen molar-refractivity contribution in [2.45, 2.75) is 6.42 Å². The van der Waals surface area contributed by atoms with Crippen molar-refractivity contribution in [3.05, 3.63) is 23.8 Å². The average Bonchev–Trinajstić information content (AvgIpc) is 2.37. The molecule has 0 aromatic heterocycles. The van der Waals surface area contributed by atoms with Crippen molar-refractivity contribution >= 4 is 22.0 Å². The number of methoxy groups -OCH3 is 3. The maximum atomic E-state index is 5.28. The van der Waals surface area contributed by atoms with E-state index in [9.17, 15) is 0 Å². The van der Waals surface area contributed by atoms with Gasteiger partial charge < -0.3 is 14.2 Å². The zero-order valence-corrected chi connectivity index (χ0v) is 11.9. The molecule has 1 aromatic rings. The van der Waals surface area contributed by atoms with Crippen LogP contribution in [0.15, 0.2) is 18.2 Å². The van der Waals surface area contributed by atoms with E-state index in [0.29, 0.717) is 17.2 Å². The molecule has 0 bridgehead atoms. The van der Waals surface area contributed by atoms with Crippen LogP contribution in [0.3, 0.4) is 0 Å². The molecule has 0 aliphatic rings. The van der Waals surface area contributed by atoms with E-state index in [-0.39, 0.29) is 0 Å². The van der Waals surface area contributed by atoms with Crippen LogP contribution in [0.5, 0.6) is 17.2 Å². The molecule has 0 spiro atoms. The van der Waals surface area contributed by atoms with Gasteiger partial charge in [-0.05, 0) is 24.1 Å². The standard InChI is InChI=1S/C13H17BrO3/c1-15-11-8-10(6-4-5-7-14)9-12(16-2)13(11)17-3/h4,6,8-9H,5,7H2,1-3H3. The van der Waals surface area contributed by atoms with E-state index in [1.54, 1.807) is 21.3 Å². The molecule has 94 valence electrons. The summed E-state index contributed by atoms with van der Waals surface area (Å²) >= 11 is 3.38. The third-order valence-electron chi connectivity index (χ3n) is 2.27. The first-order valence-electron chi connectivity index (χ1n) is 5.29. The maximum absolute atomic E-state index is 5.28. The van der Waals surface area contributed by atoms with Gasteiger partial charge in [-0.25, -0.2) is 0 Å². The van der Waals surface area contributed by atoms with Gasteiger partial charge in [-0.1, -0.05) is 28.1 Å². The topological polar surface area (TPSA) is 27.7 Å². The third-order valence-corrected chi connectivity index (χ3v) is 2.73. The van der Waals surface area contributed by atoms with E-state index in [2.05, 4.69) is 22.0 Å². The maximum Gasteiger partial charge on any atom is 0.203 e. The van der Waals surface area contributed by atoms with Gasteiger partial charge in [-0.3, -0.25) is 0 Å². The highest BCUT2D eigenvalue weighted by Gasteiger charge is 2.11. The number of ether oxygens (including phenoxy) is 3. The van der Waals surface area contributed by atoms with Crippen molar-refractivity contribution in [2.24, 2.45) is 0 Å². The van der Waals surface area contributed by atoms with Gasteiger partial charge in [0.1, 0.15) is 0 Å². The van der Waals surface area contributed by atoms with Gasteiger partial charge in [0.05, 0.1) is 21.3 Å². The molecule has 0 saturated heterocycles. The molecule has 0 aliphatic heterocycles. The SMILES string of the molecule is COc1cc(C=CCCBr)cc(OC)c1OC. The van der Waals surface area contributed by atoms with Crippen LogP contribution in [0.4, 0.5) is 0 Å². The molecule has 0 unspecified atom stereocenters. The van der Waals surface area contributed by atoms with E-state index in [1.807, 2.05) is 18.2 Å². The predicted octanol–water partition coefficient (Wildman–Crippen LogP) is 3.51. The molecule has 0 fully saturated rings. The van der Waals surface area contributed by atoms with Crippen molar-refractivity contribution in [3.63, 3.8) is 0 Å². The van der Waals surface area contributed by atoms with Crippen LogP contribution in [0.2, 0.25) is 0 Å². The number of hydrogen-bond acceptors (Lipinski definition) is 3. The van der Waals surface area contributed by atoms with Crippen LogP contribution in [0.25, 0.3) is 6.08 Å². The highest BCUT2D eigenvalue weighted by Crippen LogP contribution is 2.38. The Kier molecular flexibility index (Phi) is 5.91. The van der Waals surface area contributed by atoms with E-state index >= 15 is 0 Å². The Morgan fingerprint density at radius 2 is 1.65 bits per heavy atom. The Morgan fingerprint density at radius 3 is 2.06 bits per heavy atom. The van der Waals surface area contributed by atoms with Gasteiger partial charge in [0.25, 0.3) is 0 Å². The number of rotatable bonds is 6.